The van der Waals surface area contributed by atoms with Crippen molar-refractivity contribution < 1.29 is 14.7 Å². The Bertz CT molecular complexity index is 213. The van der Waals surface area contributed by atoms with E-state index in [1.807, 2.05) is 0 Å². The molecule has 0 aromatic rings. The molecule has 1 atom stereocenters. The van der Waals surface area contributed by atoms with Crippen molar-refractivity contribution in [3.05, 3.63) is 0 Å². The van der Waals surface area contributed by atoms with Gasteiger partial charge in [0.1, 0.15) is 6.04 Å². The first-order valence-electron chi connectivity index (χ1n) is 4.04. The summed E-state index contributed by atoms with van der Waals surface area (Å²) >= 11 is 0. The average molecular weight is 188 g/mol. The van der Waals surface area contributed by atoms with Gasteiger partial charge in [-0.3, -0.25) is 9.59 Å². The molecular weight excluding hydrogens is 172 g/mol. The first-order chi connectivity index (χ1) is 5.81. The highest BCUT2D eigenvalue weighted by Crippen LogP contribution is 2.00. The predicted molar refractivity (Wildman–Crippen MR) is 48.4 cm³/mol. The Kier molecular flexibility index (Phi) is 3.87. The van der Waals surface area contributed by atoms with E-state index in [9.17, 15) is 9.59 Å². The van der Waals surface area contributed by atoms with Gasteiger partial charge in [-0.05, 0) is 27.8 Å². The van der Waals surface area contributed by atoms with E-state index in [0.29, 0.717) is 0 Å². The number of aliphatic carboxylic acids is 1. The summed E-state index contributed by atoms with van der Waals surface area (Å²) in [6.07, 6.45) is 0. The Labute approximate surface area is 77.5 Å². The second-order valence-corrected chi connectivity index (χ2v) is 3.41. The van der Waals surface area contributed by atoms with Gasteiger partial charge in [0.2, 0.25) is 5.91 Å². The first-order valence-corrected chi connectivity index (χ1v) is 4.04. The highest BCUT2D eigenvalue weighted by atomic mass is 16.4. The maximum absolute atomic E-state index is 11.4. The smallest absolute Gasteiger partial charge is 0.325 e. The zero-order valence-corrected chi connectivity index (χ0v) is 8.34. The topological polar surface area (TPSA) is 78.4 Å². The standard InChI is InChI=1S/C8H16N2O3/c1-5(6(11)12)10-7(13)8(2,3)9-4/h5,9H,1-4H3,(H,10,13)(H,11,12). The van der Waals surface area contributed by atoms with Crippen LogP contribution in [0.3, 0.4) is 0 Å². The van der Waals surface area contributed by atoms with Gasteiger partial charge < -0.3 is 15.7 Å². The van der Waals surface area contributed by atoms with E-state index < -0.39 is 17.6 Å². The van der Waals surface area contributed by atoms with Crippen molar-refractivity contribution in [2.24, 2.45) is 0 Å². The summed E-state index contributed by atoms with van der Waals surface area (Å²) in [5, 5.41) is 13.7. The molecule has 0 spiro atoms. The van der Waals surface area contributed by atoms with E-state index in [4.69, 9.17) is 5.11 Å². The maximum atomic E-state index is 11.4. The largest absolute Gasteiger partial charge is 0.480 e. The monoisotopic (exact) mass is 188 g/mol. The third-order valence-corrected chi connectivity index (χ3v) is 1.91. The van der Waals surface area contributed by atoms with Crippen molar-refractivity contribution in [1.82, 2.24) is 10.6 Å². The first kappa shape index (κ1) is 11.9. The molecule has 1 unspecified atom stereocenters. The van der Waals surface area contributed by atoms with Gasteiger partial charge >= 0.3 is 5.97 Å². The van der Waals surface area contributed by atoms with Crippen molar-refractivity contribution in [3.8, 4) is 0 Å². The number of amides is 1. The van der Waals surface area contributed by atoms with E-state index in [0.717, 1.165) is 0 Å². The molecule has 0 saturated heterocycles. The Morgan fingerprint density at radius 1 is 1.38 bits per heavy atom. The van der Waals surface area contributed by atoms with Crippen LogP contribution in [0.1, 0.15) is 20.8 Å². The number of nitrogens with one attached hydrogen (secondary N) is 2. The van der Waals surface area contributed by atoms with Gasteiger partial charge in [-0.25, -0.2) is 0 Å². The van der Waals surface area contributed by atoms with Crippen LogP contribution in [0.15, 0.2) is 0 Å². The number of hydrogen-bond acceptors (Lipinski definition) is 3. The second-order valence-electron chi connectivity index (χ2n) is 3.41. The Hall–Kier alpha value is -1.10. The van der Waals surface area contributed by atoms with Crippen LogP contribution in [0.2, 0.25) is 0 Å². The van der Waals surface area contributed by atoms with Crippen LogP contribution in [0.4, 0.5) is 0 Å². The highest BCUT2D eigenvalue weighted by Gasteiger charge is 2.27. The van der Waals surface area contributed by atoms with Gasteiger partial charge in [-0.15, -0.1) is 0 Å². The molecule has 0 fully saturated rings. The molecule has 13 heavy (non-hydrogen) atoms. The maximum Gasteiger partial charge on any atom is 0.325 e. The van der Waals surface area contributed by atoms with Crippen LogP contribution < -0.4 is 10.6 Å². The van der Waals surface area contributed by atoms with Crippen molar-refractivity contribution >= 4 is 11.9 Å². The van der Waals surface area contributed by atoms with E-state index in [1.165, 1.54) is 6.92 Å². The normalized spacial score (nSPS) is 13.5. The Morgan fingerprint density at radius 2 is 1.85 bits per heavy atom. The molecule has 0 radical (unpaired) electrons. The summed E-state index contributed by atoms with van der Waals surface area (Å²) in [6, 6.07) is -0.861. The molecule has 0 aromatic carbocycles. The van der Waals surface area contributed by atoms with Crippen LogP contribution in [0.5, 0.6) is 0 Å². The molecule has 5 heteroatoms. The summed E-state index contributed by atoms with van der Waals surface area (Å²) in [7, 11) is 1.64. The SMILES string of the molecule is CNC(C)(C)C(=O)NC(C)C(=O)O. The fourth-order valence-electron chi connectivity index (χ4n) is 0.552. The Morgan fingerprint density at radius 3 is 2.15 bits per heavy atom. The zero-order valence-electron chi connectivity index (χ0n) is 8.34. The number of carboxylic acid groups (broad SMARTS) is 1. The minimum atomic E-state index is -1.04. The number of likely N-dealkylation sites (N-methyl/N-ethyl adjacent to an activating group) is 1. The summed E-state index contributed by atoms with van der Waals surface area (Å²) in [6.45, 7) is 4.78. The molecule has 0 aliphatic rings. The van der Waals surface area contributed by atoms with E-state index in [1.54, 1.807) is 20.9 Å². The molecular formula is C8H16N2O3. The van der Waals surface area contributed by atoms with Crippen molar-refractivity contribution in [2.45, 2.75) is 32.4 Å². The number of rotatable bonds is 4. The minimum absolute atomic E-state index is 0.329. The van der Waals surface area contributed by atoms with E-state index in [2.05, 4.69) is 10.6 Å². The Balaban J connectivity index is 4.23. The quantitative estimate of drug-likeness (QED) is 0.559. The molecule has 0 aliphatic heterocycles. The van der Waals surface area contributed by atoms with Crippen LogP contribution >= 0.6 is 0 Å². The lowest BCUT2D eigenvalue weighted by molar-refractivity contribution is -0.142. The van der Waals surface area contributed by atoms with Gasteiger partial charge in [0, 0.05) is 0 Å². The van der Waals surface area contributed by atoms with Crippen molar-refractivity contribution in [3.63, 3.8) is 0 Å². The van der Waals surface area contributed by atoms with E-state index >= 15 is 0 Å². The van der Waals surface area contributed by atoms with Crippen molar-refractivity contribution in [2.75, 3.05) is 7.05 Å². The number of carbonyl (C=O) groups excluding carboxylic acids is 1. The van der Waals surface area contributed by atoms with Gasteiger partial charge in [-0.1, -0.05) is 0 Å². The molecule has 0 heterocycles. The molecule has 0 bridgehead atoms. The third kappa shape index (κ3) is 3.42. The molecule has 0 aliphatic carbocycles. The van der Waals surface area contributed by atoms with Gasteiger partial charge in [0.05, 0.1) is 5.54 Å². The average Bonchev–Trinajstić information content (AvgIpc) is 2.04. The second kappa shape index (κ2) is 4.23. The number of carbonyl (C=O) groups is 2. The fraction of sp³-hybridized carbons (Fsp3) is 0.750. The molecule has 5 nitrogen and oxygen atoms in total. The summed E-state index contributed by atoms with van der Waals surface area (Å²) in [5.41, 5.74) is -0.746. The van der Waals surface area contributed by atoms with Gasteiger partial charge in [-0.2, -0.15) is 0 Å². The minimum Gasteiger partial charge on any atom is -0.480 e. The summed E-state index contributed by atoms with van der Waals surface area (Å²) in [4.78, 5) is 21.8. The predicted octanol–water partition coefficient (Wildman–Crippen LogP) is -0.426. The van der Waals surface area contributed by atoms with Gasteiger partial charge in [0.15, 0.2) is 0 Å². The lowest BCUT2D eigenvalue weighted by Crippen LogP contribution is -2.54. The summed E-state index contributed by atoms with van der Waals surface area (Å²) < 4.78 is 0. The van der Waals surface area contributed by atoms with E-state index in [-0.39, 0.29) is 5.91 Å². The van der Waals surface area contributed by atoms with Crippen LogP contribution in [0, 0.1) is 0 Å². The van der Waals surface area contributed by atoms with Crippen molar-refractivity contribution in [1.29, 1.82) is 0 Å². The van der Waals surface area contributed by atoms with Crippen LogP contribution in [0.25, 0.3) is 0 Å². The molecule has 0 aromatic heterocycles. The lowest BCUT2D eigenvalue weighted by Gasteiger charge is -2.23. The molecule has 76 valence electrons. The highest BCUT2D eigenvalue weighted by molar-refractivity contribution is 5.89. The third-order valence-electron chi connectivity index (χ3n) is 1.91. The molecule has 0 rings (SSSR count). The van der Waals surface area contributed by atoms with Crippen LogP contribution in [-0.4, -0.2) is 35.6 Å². The van der Waals surface area contributed by atoms with Crippen LogP contribution in [-0.2, 0) is 9.59 Å². The molecule has 3 N–H and O–H groups in total. The fourth-order valence-corrected chi connectivity index (χ4v) is 0.552. The number of hydrogen-bond donors (Lipinski definition) is 3. The number of carboxylic acids is 1. The lowest BCUT2D eigenvalue weighted by atomic mass is 10.0. The van der Waals surface area contributed by atoms with Gasteiger partial charge in [0.25, 0.3) is 0 Å². The summed E-state index contributed by atoms with van der Waals surface area (Å²) in [5.74, 6) is -1.37. The molecule has 1 amide bonds. The molecule has 0 saturated carbocycles. The zero-order chi connectivity index (χ0) is 10.6.